The summed E-state index contributed by atoms with van der Waals surface area (Å²) in [6, 6.07) is 12.1. The maximum absolute atomic E-state index is 12.3. The zero-order valence-electron chi connectivity index (χ0n) is 15.5. The van der Waals surface area contributed by atoms with Crippen molar-refractivity contribution in [2.45, 2.75) is 31.1 Å². The third-order valence-electron chi connectivity index (χ3n) is 4.56. The van der Waals surface area contributed by atoms with Crippen molar-refractivity contribution in [1.82, 2.24) is 25.1 Å². The van der Waals surface area contributed by atoms with Gasteiger partial charge < -0.3 is 5.32 Å². The SMILES string of the molecule is O=C(CSc1nnnn1Cc1cccs1)Nc1ccc(CN2CCCC2)cc1. The molecule has 1 aromatic carbocycles. The van der Waals surface area contributed by atoms with E-state index in [0.717, 1.165) is 12.2 Å². The summed E-state index contributed by atoms with van der Waals surface area (Å²) in [7, 11) is 0. The van der Waals surface area contributed by atoms with E-state index in [-0.39, 0.29) is 11.7 Å². The molecule has 28 heavy (non-hydrogen) atoms. The fourth-order valence-electron chi connectivity index (χ4n) is 3.17. The second kappa shape index (κ2) is 9.31. The number of hydrogen-bond donors (Lipinski definition) is 1. The number of likely N-dealkylation sites (tertiary alicyclic amines) is 1. The molecule has 0 spiro atoms. The minimum absolute atomic E-state index is 0.0667. The first kappa shape index (κ1) is 19.1. The zero-order valence-corrected chi connectivity index (χ0v) is 17.1. The summed E-state index contributed by atoms with van der Waals surface area (Å²) in [6.45, 7) is 3.97. The van der Waals surface area contributed by atoms with Gasteiger partial charge in [0.15, 0.2) is 0 Å². The number of carbonyl (C=O) groups is 1. The molecule has 3 aromatic rings. The van der Waals surface area contributed by atoms with Gasteiger partial charge in [-0.1, -0.05) is 30.0 Å². The smallest absolute Gasteiger partial charge is 0.234 e. The van der Waals surface area contributed by atoms with Gasteiger partial charge in [0, 0.05) is 17.1 Å². The first-order valence-electron chi connectivity index (χ1n) is 9.29. The molecule has 0 bridgehead atoms. The average Bonchev–Trinajstić information content (AvgIpc) is 3.46. The molecule has 0 saturated carbocycles. The molecule has 146 valence electrons. The molecular formula is C19H22N6OS2. The summed E-state index contributed by atoms with van der Waals surface area (Å²) in [5.41, 5.74) is 2.09. The molecular weight excluding hydrogens is 392 g/mol. The van der Waals surface area contributed by atoms with Crippen LogP contribution in [0.2, 0.25) is 0 Å². The topological polar surface area (TPSA) is 75.9 Å². The fraction of sp³-hybridized carbons (Fsp3) is 0.368. The summed E-state index contributed by atoms with van der Waals surface area (Å²) in [4.78, 5) is 15.9. The van der Waals surface area contributed by atoms with E-state index in [1.807, 2.05) is 29.6 Å². The Bertz CT molecular complexity index is 888. The van der Waals surface area contributed by atoms with Crippen molar-refractivity contribution in [3.05, 3.63) is 52.2 Å². The first-order chi connectivity index (χ1) is 13.8. The number of rotatable bonds is 8. The standard InChI is InChI=1S/C19H22N6OS2/c26-18(14-28-19-21-22-23-25(19)13-17-4-3-11-27-17)20-16-7-5-15(6-8-16)12-24-9-1-2-10-24/h3-8,11H,1-2,9-10,12-14H2,(H,20,26). The predicted octanol–water partition coefficient (Wildman–Crippen LogP) is 3.11. The number of nitrogens with zero attached hydrogens (tertiary/aromatic N) is 5. The third kappa shape index (κ3) is 5.18. The van der Waals surface area contributed by atoms with Crippen molar-refractivity contribution in [1.29, 1.82) is 0 Å². The molecule has 1 N–H and O–H groups in total. The molecule has 1 aliphatic rings. The van der Waals surface area contributed by atoms with E-state index >= 15 is 0 Å². The van der Waals surface area contributed by atoms with Crippen molar-refractivity contribution in [2.75, 3.05) is 24.2 Å². The highest BCUT2D eigenvalue weighted by Gasteiger charge is 2.13. The molecule has 0 aliphatic carbocycles. The van der Waals surface area contributed by atoms with Crippen LogP contribution in [0, 0.1) is 0 Å². The summed E-state index contributed by atoms with van der Waals surface area (Å²) in [5, 5.41) is 17.4. The Morgan fingerprint density at radius 2 is 1.96 bits per heavy atom. The molecule has 1 saturated heterocycles. The van der Waals surface area contributed by atoms with Gasteiger partial charge >= 0.3 is 0 Å². The van der Waals surface area contributed by atoms with Gasteiger partial charge in [-0.25, -0.2) is 4.68 Å². The zero-order chi connectivity index (χ0) is 19.2. The number of thioether (sulfide) groups is 1. The van der Waals surface area contributed by atoms with Crippen molar-refractivity contribution >= 4 is 34.7 Å². The number of thiophene rings is 1. The Labute approximate surface area is 172 Å². The second-order valence-electron chi connectivity index (χ2n) is 6.72. The van der Waals surface area contributed by atoms with E-state index in [9.17, 15) is 4.79 Å². The number of tetrazole rings is 1. The molecule has 4 rings (SSSR count). The van der Waals surface area contributed by atoms with Crippen molar-refractivity contribution < 1.29 is 4.79 Å². The van der Waals surface area contributed by atoms with Crippen molar-refractivity contribution in [3.63, 3.8) is 0 Å². The second-order valence-corrected chi connectivity index (χ2v) is 8.69. The number of anilines is 1. The maximum atomic E-state index is 12.3. The average molecular weight is 415 g/mol. The van der Waals surface area contributed by atoms with E-state index in [2.05, 4.69) is 37.9 Å². The quantitative estimate of drug-likeness (QED) is 0.571. The van der Waals surface area contributed by atoms with E-state index in [0.29, 0.717) is 11.7 Å². The third-order valence-corrected chi connectivity index (χ3v) is 6.38. The maximum Gasteiger partial charge on any atom is 0.234 e. The van der Waals surface area contributed by atoms with Crippen molar-refractivity contribution in [2.24, 2.45) is 0 Å². The monoisotopic (exact) mass is 414 g/mol. The van der Waals surface area contributed by atoms with Crippen molar-refractivity contribution in [3.8, 4) is 0 Å². The number of hydrogen-bond acceptors (Lipinski definition) is 7. The van der Waals surface area contributed by atoms with Crippen LogP contribution in [0.3, 0.4) is 0 Å². The number of amides is 1. The Hall–Kier alpha value is -2.23. The molecule has 0 atom stereocenters. The number of carbonyl (C=O) groups excluding carboxylic acids is 1. The van der Waals surface area contributed by atoms with Crippen LogP contribution in [0.1, 0.15) is 23.3 Å². The molecule has 1 amide bonds. The number of aromatic nitrogens is 4. The highest BCUT2D eigenvalue weighted by Crippen LogP contribution is 2.18. The molecule has 0 unspecified atom stereocenters. The summed E-state index contributed by atoms with van der Waals surface area (Å²) in [5.74, 6) is 0.198. The van der Waals surface area contributed by atoms with Crippen LogP contribution in [-0.4, -0.2) is 49.9 Å². The van der Waals surface area contributed by atoms with Crippen LogP contribution in [0.5, 0.6) is 0 Å². The van der Waals surface area contributed by atoms with Gasteiger partial charge in [0.2, 0.25) is 11.1 Å². The molecule has 0 radical (unpaired) electrons. The summed E-state index contributed by atoms with van der Waals surface area (Å²) >= 11 is 3.00. The minimum atomic E-state index is -0.0667. The van der Waals surface area contributed by atoms with Gasteiger partial charge in [0.25, 0.3) is 0 Å². The molecule has 9 heteroatoms. The molecule has 3 heterocycles. The molecule has 1 aliphatic heterocycles. The van der Waals surface area contributed by atoms with Crippen LogP contribution in [0.25, 0.3) is 0 Å². The van der Waals surface area contributed by atoms with Gasteiger partial charge in [-0.15, -0.1) is 16.4 Å². The highest BCUT2D eigenvalue weighted by molar-refractivity contribution is 7.99. The number of benzene rings is 1. The van der Waals surface area contributed by atoms with Crippen LogP contribution < -0.4 is 5.32 Å². The number of nitrogens with one attached hydrogen (secondary N) is 1. The molecule has 7 nitrogen and oxygen atoms in total. The normalized spacial score (nSPS) is 14.4. The van der Waals surface area contributed by atoms with E-state index in [1.165, 1.54) is 48.1 Å². The minimum Gasteiger partial charge on any atom is -0.325 e. The molecule has 2 aromatic heterocycles. The van der Waals surface area contributed by atoms with E-state index in [4.69, 9.17) is 0 Å². The van der Waals surface area contributed by atoms with Crippen LogP contribution in [0.15, 0.2) is 46.9 Å². The van der Waals surface area contributed by atoms with Gasteiger partial charge in [-0.3, -0.25) is 9.69 Å². The Balaban J connectivity index is 1.26. The van der Waals surface area contributed by atoms with Crippen LogP contribution in [-0.2, 0) is 17.9 Å². The van der Waals surface area contributed by atoms with Crippen LogP contribution >= 0.6 is 23.1 Å². The van der Waals surface area contributed by atoms with E-state index in [1.54, 1.807) is 16.0 Å². The highest BCUT2D eigenvalue weighted by atomic mass is 32.2. The summed E-state index contributed by atoms with van der Waals surface area (Å²) in [6.07, 6.45) is 2.59. The lowest BCUT2D eigenvalue weighted by Gasteiger charge is -2.14. The molecule has 1 fully saturated rings. The lowest BCUT2D eigenvalue weighted by Crippen LogP contribution is -2.18. The van der Waals surface area contributed by atoms with Gasteiger partial charge in [0.05, 0.1) is 12.3 Å². The predicted molar refractivity (Wildman–Crippen MR) is 112 cm³/mol. The van der Waals surface area contributed by atoms with Crippen LogP contribution in [0.4, 0.5) is 5.69 Å². The Kier molecular flexibility index (Phi) is 6.35. The van der Waals surface area contributed by atoms with Gasteiger partial charge in [0.1, 0.15) is 0 Å². The Morgan fingerprint density at radius 3 is 2.71 bits per heavy atom. The lowest BCUT2D eigenvalue weighted by molar-refractivity contribution is -0.113. The largest absolute Gasteiger partial charge is 0.325 e. The fourth-order valence-corrected chi connectivity index (χ4v) is 4.53. The first-order valence-corrected chi connectivity index (χ1v) is 11.2. The van der Waals surface area contributed by atoms with E-state index < -0.39 is 0 Å². The van der Waals surface area contributed by atoms with Gasteiger partial charge in [-0.2, -0.15) is 0 Å². The Morgan fingerprint density at radius 1 is 1.14 bits per heavy atom. The summed E-state index contributed by atoms with van der Waals surface area (Å²) < 4.78 is 1.72. The lowest BCUT2D eigenvalue weighted by atomic mass is 10.2. The van der Waals surface area contributed by atoms with Gasteiger partial charge in [-0.05, 0) is 65.5 Å².